The van der Waals surface area contributed by atoms with Crippen LogP contribution in [-0.4, -0.2) is 36.8 Å². The lowest BCUT2D eigenvalue weighted by Crippen LogP contribution is -2.36. The van der Waals surface area contributed by atoms with Crippen molar-refractivity contribution in [2.75, 3.05) is 19.8 Å². The van der Waals surface area contributed by atoms with Crippen molar-refractivity contribution in [3.63, 3.8) is 0 Å². The third-order valence-corrected chi connectivity index (χ3v) is 4.27. The number of pyridine rings is 1. The third-order valence-electron chi connectivity index (χ3n) is 3.21. The Bertz CT molecular complexity index is 493. The summed E-state index contributed by atoms with van der Waals surface area (Å²) in [6.07, 6.45) is 3.89. The van der Waals surface area contributed by atoms with Crippen LogP contribution in [0, 0.1) is 0 Å². The molecule has 116 valence electrons. The molecule has 1 N–H and O–H groups in total. The van der Waals surface area contributed by atoms with Crippen molar-refractivity contribution >= 4 is 37.8 Å². The molecule has 0 amide bonds. The summed E-state index contributed by atoms with van der Waals surface area (Å²) in [4.78, 5) is 16.5. The zero-order valence-electron chi connectivity index (χ0n) is 11.8. The SMILES string of the molecule is CCOC(=O)C(NCC1CCCO1)c1ncc(Br)cc1Br. The minimum atomic E-state index is -0.600. The van der Waals surface area contributed by atoms with E-state index in [4.69, 9.17) is 9.47 Å². The van der Waals surface area contributed by atoms with Gasteiger partial charge in [0.05, 0.1) is 18.4 Å². The summed E-state index contributed by atoms with van der Waals surface area (Å²) in [7, 11) is 0. The highest BCUT2D eigenvalue weighted by molar-refractivity contribution is 9.11. The predicted octanol–water partition coefficient (Wildman–Crippen LogP) is 2.98. The first-order valence-corrected chi connectivity index (χ1v) is 8.53. The number of nitrogens with zero attached hydrogens (tertiary/aromatic N) is 1. The van der Waals surface area contributed by atoms with Crippen molar-refractivity contribution in [3.8, 4) is 0 Å². The van der Waals surface area contributed by atoms with Gasteiger partial charge in [-0.3, -0.25) is 10.3 Å². The number of nitrogens with one attached hydrogen (secondary N) is 1. The highest BCUT2D eigenvalue weighted by Crippen LogP contribution is 2.26. The molecule has 0 aromatic carbocycles. The van der Waals surface area contributed by atoms with Gasteiger partial charge in [0.15, 0.2) is 0 Å². The second kappa shape index (κ2) is 8.22. The number of carbonyl (C=O) groups is 1. The van der Waals surface area contributed by atoms with Gasteiger partial charge in [0, 0.05) is 28.3 Å². The molecule has 1 aromatic rings. The summed E-state index contributed by atoms with van der Waals surface area (Å²) in [5.41, 5.74) is 0.620. The van der Waals surface area contributed by atoms with Crippen LogP contribution >= 0.6 is 31.9 Å². The van der Waals surface area contributed by atoms with E-state index in [-0.39, 0.29) is 12.1 Å². The van der Waals surface area contributed by atoms with E-state index >= 15 is 0 Å². The number of ether oxygens (including phenoxy) is 2. The number of hydrogen-bond acceptors (Lipinski definition) is 5. The van der Waals surface area contributed by atoms with Crippen LogP contribution in [-0.2, 0) is 14.3 Å². The van der Waals surface area contributed by atoms with Gasteiger partial charge in [0.25, 0.3) is 0 Å². The van der Waals surface area contributed by atoms with E-state index in [1.54, 1.807) is 13.1 Å². The molecule has 0 aliphatic carbocycles. The van der Waals surface area contributed by atoms with E-state index in [1.165, 1.54) is 0 Å². The summed E-state index contributed by atoms with van der Waals surface area (Å²) in [5, 5.41) is 3.22. The number of halogens is 2. The third kappa shape index (κ3) is 4.74. The maximum Gasteiger partial charge on any atom is 0.329 e. The molecule has 1 saturated heterocycles. The minimum absolute atomic E-state index is 0.149. The topological polar surface area (TPSA) is 60.5 Å². The number of esters is 1. The molecular weight excluding hydrogens is 404 g/mol. The zero-order valence-corrected chi connectivity index (χ0v) is 14.9. The molecule has 2 heterocycles. The molecule has 0 radical (unpaired) electrons. The van der Waals surface area contributed by atoms with Crippen molar-refractivity contribution < 1.29 is 14.3 Å². The molecule has 1 aromatic heterocycles. The van der Waals surface area contributed by atoms with E-state index < -0.39 is 6.04 Å². The summed E-state index contributed by atoms with van der Waals surface area (Å²) in [6.45, 7) is 3.52. The van der Waals surface area contributed by atoms with Crippen molar-refractivity contribution in [1.82, 2.24) is 10.3 Å². The average Bonchev–Trinajstić information content (AvgIpc) is 2.94. The molecule has 1 fully saturated rings. The first kappa shape index (κ1) is 16.9. The van der Waals surface area contributed by atoms with Gasteiger partial charge in [-0.15, -0.1) is 0 Å². The van der Waals surface area contributed by atoms with Crippen molar-refractivity contribution in [3.05, 3.63) is 26.9 Å². The molecule has 1 aliphatic rings. The van der Waals surface area contributed by atoms with Crippen LogP contribution in [0.25, 0.3) is 0 Å². The molecule has 0 bridgehead atoms. The van der Waals surface area contributed by atoms with Gasteiger partial charge in [-0.05, 0) is 57.7 Å². The Morgan fingerprint density at radius 2 is 2.43 bits per heavy atom. The second-order valence-electron chi connectivity index (χ2n) is 4.75. The van der Waals surface area contributed by atoms with Crippen molar-refractivity contribution in [2.24, 2.45) is 0 Å². The predicted molar refractivity (Wildman–Crippen MR) is 86.0 cm³/mol. The van der Waals surface area contributed by atoms with E-state index in [9.17, 15) is 4.79 Å². The van der Waals surface area contributed by atoms with Gasteiger partial charge >= 0.3 is 5.97 Å². The van der Waals surface area contributed by atoms with E-state index in [0.29, 0.717) is 18.8 Å². The lowest BCUT2D eigenvalue weighted by atomic mass is 10.1. The lowest BCUT2D eigenvalue weighted by molar-refractivity contribution is -0.146. The summed E-state index contributed by atoms with van der Waals surface area (Å²) < 4.78 is 12.3. The van der Waals surface area contributed by atoms with E-state index in [0.717, 1.165) is 28.4 Å². The lowest BCUT2D eigenvalue weighted by Gasteiger charge is -2.20. The van der Waals surface area contributed by atoms with E-state index in [2.05, 4.69) is 42.2 Å². The van der Waals surface area contributed by atoms with Crippen LogP contribution in [0.4, 0.5) is 0 Å². The van der Waals surface area contributed by atoms with Crippen LogP contribution in [0.5, 0.6) is 0 Å². The van der Waals surface area contributed by atoms with Gasteiger partial charge in [-0.2, -0.15) is 0 Å². The summed E-state index contributed by atoms with van der Waals surface area (Å²) in [5.74, 6) is -0.328. The van der Waals surface area contributed by atoms with Gasteiger partial charge < -0.3 is 9.47 Å². The molecular formula is C14H18Br2N2O3. The molecule has 0 saturated carbocycles. The summed E-state index contributed by atoms with van der Waals surface area (Å²) >= 11 is 6.81. The number of carbonyl (C=O) groups excluding carboxylic acids is 1. The van der Waals surface area contributed by atoms with Crippen molar-refractivity contribution in [1.29, 1.82) is 0 Å². The Kier molecular flexibility index (Phi) is 6.60. The first-order valence-electron chi connectivity index (χ1n) is 6.94. The van der Waals surface area contributed by atoms with Gasteiger partial charge in [0.2, 0.25) is 0 Å². The highest BCUT2D eigenvalue weighted by atomic mass is 79.9. The average molecular weight is 422 g/mol. The molecule has 2 rings (SSSR count). The number of aromatic nitrogens is 1. The minimum Gasteiger partial charge on any atom is -0.465 e. The van der Waals surface area contributed by atoms with Crippen LogP contribution in [0.15, 0.2) is 21.2 Å². The molecule has 0 spiro atoms. The Hall–Kier alpha value is -0.500. The first-order chi connectivity index (χ1) is 10.1. The molecule has 7 heteroatoms. The van der Waals surface area contributed by atoms with Crippen LogP contribution in [0.3, 0.4) is 0 Å². The second-order valence-corrected chi connectivity index (χ2v) is 6.52. The van der Waals surface area contributed by atoms with Crippen LogP contribution in [0.2, 0.25) is 0 Å². The highest BCUT2D eigenvalue weighted by Gasteiger charge is 2.27. The fraction of sp³-hybridized carbons (Fsp3) is 0.571. The van der Waals surface area contributed by atoms with E-state index in [1.807, 2.05) is 6.07 Å². The largest absolute Gasteiger partial charge is 0.465 e. The van der Waals surface area contributed by atoms with Crippen molar-refractivity contribution in [2.45, 2.75) is 31.9 Å². The summed E-state index contributed by atoms with van der Waals surface area (Å²) in [6, 6.07) is 1.26. The molecule has 2 atom stereocenters. The monoisotopic (exact) mass is 420 g/mol. The number of hydrogen-bond donors (Lipinski definition) is 1. The normalized spacial score (nSPS) is 19.5. The molecule has 1 aliphatic heterocycles. The Labute approximate surface area is 141 Å². The Balaban J connectivity index is 2.12. The van der Waals surface area contributed by atoms with Gasteiger partial charge in [-0.25, -0.2) is 4.79 Å². The van der Waals surface area contributed by atoms with Gasteiger partial charge in [0.1, 0.15) is 6.04 Å². The standard InChI is InChI=1S/C14H18Br2N2O3/c1-2-20-14(19)13(18-8-10-4-3-5-21-10)12-11(16)6-9(15)7-17-12/h6-7,10,13,18H,2-5,8H2,1H3. The Morgan fingerprint density at radius 3 is 3.05 bits per heavy atom. The molecule has 21 heavy (non-hydrogen) atoms. The number of rotatable bonds is 6. The quantitative estimate of drug-likeness (QED) is 0.715. The van der Waals surface area contributed by atoms with Crippen LogP contribution in [0.1, 0.15) is 31.5 Å². The zero-order chi connectivity index (χ0) is 15.2. The fourth-order valence-electron chi connectivity index (χ4n) is 2.21. The maximum atomic E-state index is 12.2. The fourth-order valence-corrected chi connectivity index (χ4v) is 3.43. The smallest absolute Gasteiger partial charge is 0.329 e. The Morgan fingerprint density at radius 1 is 1.62 bits per heavy atom. The van der Waals surface area contributed by atoms with Gasteiger partial charge in [-0.1, -0.05) is 0 Å². The molecule has 2 unspecified atom stereocenters. The van der Waals surface area contributed by atoms with Crippen LogP contribution < -0.4 is 5.32 Å². The molecule has 5 nitrogen and oxygen atoms in total. The maximum absolute atomic E-state index is 12.2.